The van der Waals surface area contributed by atoms with Gasteiger partial charge >= 0.3 is 0 Å². The van der Waals surface area contributed by atoms with E-state index in [1.165, 1.54) is 5.56 Å². The van der Waals surface area contributed by atoms with E-state index in [0.717, 1.165) is 57.3 Å². The molecular formula is C28H36N8OS. The van der Waals surface area contributed by atoms with Gasteiger partial charge < -0.3 is 15.1 Å². The largest absolute Gasteiger partial charge is 0.352 e. The summed E-state index contributed by atoms with van der Waals surface area (Å²) in [5, 5.41) is 28.6. The number of hydrogen-bond donors (Lipinski definition) is 2. The molecule has 1 aliphatic heterocycles. The van der Waals surface area contributed by atoms with E-state index in [1.54, 1.807) is 24.3 Å². The van der Waals surface area contributed by atoms with Crippen molar-refractivity contribution in [2.45, 2.75) is 77.5 Å². The maximum atomic E-state index is 12.8. The highest BCUT2D eigenvalue weighted by atomic mass is 32.1. The van der Waals surface area contributed by atoms with Gasteiger partial charge in [0.05, 0.1) is 17.3 Å². The zero-order chi connectivity index (χ0) is 27.1. The van der Waals surface area contributed by atoms with Gasteiger partial charge in [0.25, 0.3) is 5.91 Å². The van der Waals surface area contributed by atoms with Crippen LogP contribution in [-0.2, 0) is 6.54 Å². The van der Waals surface area contributed by atoms with Crippen LogP contribution in [0.25, 0.3) is 0 Å². The molecule has 1 aliphatic carbocycles. The SMILES string of the molecule is Cc1cc(C#N)nc(C)c1C(=O)NCC[C@@H](C)N1CCC(N(Cc2ccsc2)C(=NC2CC2)NC#N)CC1. The van der Waals surface area contributed by atoms with Crippen LogP contribution in [0.1, 0.15) is 71.9 Å². The van der Waals surface area contributed by atoms with Crippen LogP contribution in [0.2, 0.25) is 0 Å². The number of nitrogens with one attached hydrogen (secondary N) is 2. The molecule has 9 nitrogen and oxygen atoms in total. The van der Waals surface area contributed by atoms with Crippen LogP contribution in [0.5, 0.6) is 0 Å². The Balaban J connectivity index is 1.30. The average molecular weight is 533 g/mol. The predicted molar refractivity (Wildman–Crippen MR) is 149 cm³/mol. The van der Waals surface area contributed by atoms with Gasteiger partial charge in [-0.05, 0) is 86.9 Å². The number of aryl methyl sites for hydroxylation is 2. The number of hydrogen-bond acceptors (Lipinski definition) is 7. The van der Waals surface area contributed by atoms with Crippen molar-refractivity contribution in [1.82, 2.24) is 25.4 Å². The second kappa shape index (κ2) is 12.9. The van der Waals surface area contributed by atoms with Gasteiger partial charge in [-0.25, -0.2) is 9.98 Å². The number of likely N-dealkylation sites (tertiary alicyclic amines) is 1. The number of guanidine groups is 1. The van der Waals surface area contributed by atoms with Gasteiger partial charge in [0.1, 0.15) is 11.8 Å². The van der Waals surface area contributed by atoms with Gasteiger partial charge in [-0.3, -0.25) is 10.1 Å². The number of thiophene rings is 1. The van der Waals surface area contributed by atoms with Crippen LogP contribution in [0.4, 0.5) is 0 Å². The van der Waals surface area contributed by atoms with E-state index in [4.69, 9.17) is 10.3 Å². The summed E-state index contributed by atoms with van der Waals surface area (Å²) in [6.45, 7) is 9.07. The van der Waals surface area contributed by atoms with E-state index < -0.39 is 0 Å². The minimum absolute atomic E-state index is 0.139. The van der Waals surface area contributed by atoms with E-state index in [9.17, 15) is 10.1 Å². The number of pyridine rings is 1. The first kappa shape index (κ1) is 27.6. The van der Waals surface area contributed by atoms with Crippen LogP contribution in [-0.4, -0.2) is 64.4 Å². The highest BCUT2D eigenvalue weighted by molar-refractivity contribution is 7.07. The quantitative estimate of drug-likeness (QED) is 0.219. The lowest BCUT2D eigenvalue weighted by molar-refractivity contribution is 0.0934. The Morgan fingerprint density at radius 2 is 2.05 bits per heavy atom. The summed E-state index contributed by atoms with van der Waals surface area (Å²) in [6, 6.07) is 6.81. The fraction of sp³-hybridized carbons (Fsp3) is 0.536. The van der Waals surface area contributed by atoms with Crippen LogP contribution >= 0.6 is 11.3 Å². The molecule has 200 valence electrons. The molecule has 2 aromatic heterocycles. The van der Waals surface area contributed by atoms with Gasteiger partial charge in [-0.2, -0.15) is 21.9 Å². The van der Waals surface area contributed by atoms with Crippen LogP contribution in [0, 0.1) is 36.6 Å². The monoisotopic (exact) mass is 532 g/mol. The smallest absolute Gasteiger partial charge is 0.253 e. The number of carbonyl (C=O) groups is 1. The number of aliphatic imine (C=N–C) groups is 1. The summed E-state index contributed by atoms with van der Waals surface area (Å²) in [4.78, 5) is 26.6. The highest BCUT2D eigenvalue weighted by Gasteiger charge is 2.31. The van der Waals surface area contributed by atoms with Crippen molar-refractivity contribution in [1.29, 1.82) is 10.5 Å². The topological polar surface area (TPSA) is 120 Å². The Labute approximate surface area is 229 Å². The van der Waals surface area contributed by atoms with E-state index in [2.05, 4.69) is 55.4 Å². The first-order valence-electron chi connectivity index (χ1n) is 13.3. The molecule has 4 rings (SSSR count). The fourth-order valence-electron chi connectivity index (χ4n) is 5.10. The molecular weight excluding hydrogens is 496 g/mol. The number of piperidine rings is 1. The number of carbonyl (C=O) groups excluding carboxylic acids is 1. The lowest BCUT2D eigenvalue weighted by Gasteiger charge is -2.41. The summed E-state index contributed by atoms with van der Waals surface area (Å²) in [5.74, 6) is 0.567. The Kier molecular flexibility index (Phi) is 9.33. The minimum atomic E-state index is -0.139. The molecule has 0 unspecified atom stereocenters. The molecule has 1 atom stereocenters. The van der Waals surface area contributed by atoms with Crippen molar-refractivity contribution < 1.29 is 4.79 Å². The van der Waals surface area contributed by atoms with Gasteiger partial charge in [-0.1, -0.05) is 0 Å². The lowest BCUT2D eigenvalue weighted by atomic mass is 10.0. The number of rotatable bonds is 9. The molecule has 1 amide bonds. The number of nitriles is 2. The number of nitrogens with zero attached hydrogens (tertiary/aromatic N) is 6. The van der Waals surface area contributed by atoms with Gasteiger partial charge in [0, 0.05) is 38.3 Å². The van der Waals surface area contributed by atoms with Crippen molar-refractivity contribution in [3.8, 4) is 12.3 Å². The molecule has 2 aliphatic rings. The number of amides is 1. The maximum Gasteiger partial charge on any atom is 0.253 e. The molecule has 2 fully saturated rings. The summed E-state index contributed by atoms with van der Waals surface area (Å²) in [5.41, 5.74) is 3.48. The maximum absolute atomic E-state index is 12.8. The van der Waals surface area contributed by atoms with E-state index in [1.807, 2.05) is 13.0 Å². The molecule has 0 aromatic carbocycles. The molecule has 2 N–H and O–H groups in total. The summed E-state index contributed by atoms with van der Waals surface area (Å²) >= 11 is 1.69. The third-order valence-corrected chi connectivity index (χ3v) is 8.11. The average Bonchev–Trinajstić information content (AvgIpc) is 3.57. The van der Waals surface area contributed by atoms with Crippen molar-refractivity contribution in [3.63, 3.8) is 0 Å². The van der Waals surface area contributed by atoms with Crippen molar-refractivity contribution in [2.75, 3.05) is 19.6 Å². The second-order valence-corrected chi connectivity index (χ2v) is 11.0. The summed E-state index contributed by atoms with van der Waals surface area (Å²) in [7, 11) is 0. The summed E-state index contributed by atoms with van der Waals surface area (Å²) < 4.78 is 0. The van der Waals surface area contributed by atoms with E-state index in [0.29, 0.717) is 47.6 Å². The van der Waals surface area contributed by atoms with Crippen LogP contribution in [0.3, 0.4) is 0 Å². The van der Waals surface area contributed by atoms with Crippen LogP contribution in [0.15, 0.2) is 27.9 Å². The normalized spacial score (nSPS) is 17.3. The first-order chi connectivity index (χ1) is 18.4. The van der Waals surface area contributed by atoms with E-state index in [-0.39, 0.29) is 5.91 Å². The highest BCUT2D eigenvalue weighted by Crippen LogP contribution is 2.26. The molecule has 0 spiro atoms. The summed E-state index contributed by atoms with van der Waals surface area (Å²) in [6.07, 6.45) is 7.12. The second-order valence-electron chi connectivity index (χ2n) is 10.2. The third kappa shape index (κ3) is 7.09. The fourth-order valence-corrected chi connectivity index (χ4v) is 5.76. The molecule has 1 saturated heterocycles. The molecule has 10 heteroatoms. The predicted octanol–water partition coefficient (Wildman–Crippen LogP) is 3.70. The molecule has 0 radical (unpaired) electrons. The zero-order valence-electron chi connectivity index (χ0n) is 22.4. The Hall–Kier alpha value is -3.47. The molecule has 38 heavy (non-hydrogen) atoms. The van der Waals surface area contributed by atoms with E-state index >= 15 is 0 Å². The Morgan fingerprint density at radius 1 is 1.29 bits per heavy atom. The molecule has 1 saturated carbocycles. The number of aromatic nitrogens is 1. The zero-order valence-corrected chi connectivity index (χ0v) is 23.2. The van der Waals surface area contributed by atoms with Gasteiger partial charge in [0.2, 0.25) is 5.96 Å². The van der Waals surface area contributed by atoms with Gasteiger partial charge in [-0.15, -0.1) is 0 Å². The molecule has 0 bridgehead atoms. The standard InChI is InChI=1S/C28H36N8OS/c1-19-14-24(15-29)33-21(3)26(19)27(37)31-10-6-20(2)35-11-7-25(8-12-35)36(16-22-9-13-38-17-22)28(32-18-30)34-23-4-5-23/h9,13-14,17,20,23,25H,4-8,10-12,16H2,1-3H3,(H,31,37)(H,32,34)/t20-/m1/s1. The minimum Gasteiger partial charge on any atom is -0.352 e. The molecule has 2 aromatic rings. The Morgan fingerprint density at radius 3 is 2.66 bits per heavy atom. The molecule has 3 heterocycles. The van der Waals surface area contributed by atoms with Crippen molar-refractivity contribution >= 4 is 23.2 Å². The Bertz CT molecular complexity index is 1190. The van der Waals surface area contributed by atoms with Gasteiger partial charge in [0.15, 0.2) is 6.19 Å². The lowest BCUT2D eigenvalue weighted by Crippen LogP contribution is -2.52. The van der Waals surface area contributed by atoms with Crippen molar-refractivity contribution in [3.05, 3.63) is 51.0 Å². The first-order valence-corrected chi connectivity index (χ1v) is 14.2. The third-order valence-electron chi connectivity index (χ3n) is 7.37. The van der Waals surface area contributed by atoms with Crippen molar-refractivity contribution in [2.24, 2.45) is 4.99 Å². The van der Waals surface area contributed by atoms with Crippen LogP contribution < -0.4 is 10.6 Å².